The van der Waals surface area contributed by atoms with Crippen molar-refractivity contribution in [3.8, 4) is 0 Å². The first kappa shape index (κ1) is 62.4. The standard InChI is InChI=1S/C56H80N6O14S2/c1-39-29-41(3)49-35-61(5)37-51(47(49)31-39)43-9-7-11-45(33-43)77(67,68)59-15-19-73-23-27-75-25-21-71-17-13-57-55(65)53(63)54(64)56(66)58-14-18-72-22-26-76-28-24-74-20-16-60-78(69,70)46-12-8-10-44(34-46)52-38-62(6)36-50-42(4)30-40(2)32-48(50)52/h7-12,29-34,51-54,59-60,63-64H,13-28,35-38H2,1-6H3,(H,57,65)(H,58,66). The lowest BCUT2D eigenvalue weighted by atomic mass is 9.82. The smallest absolute Gasteiger partial charge is 0.252 e. The summed E-state index contributed by atoms with van der Waals surface area (Å²) in [6.07, 6.45) is -4.01. The van der Waals surface area contributed by atoms with Crippen LogP contribution in [-0.2, 0) is 71.1 Å². The minimum absolute atomic E-state index is 0.00693. The van der Waals surface area contributed by atoms with Gasteiger partial charge in [-0.3, -0.25) is 9.59 Å². The van der Waals surface area contributed by atoms with E-state index in [-0.39, 0.29) is 127 Å². The zero-order valence-corrected chi connectivity index (χ0v) is 47.5. The predicted molar refractivity (Wildman–Crippen MR) is 294 cm³/mol. The van der Waals surface area contributed by atoms with E-state index >= 15 is 0 Å². The van der Waals surface area contributed by atoms with Gasteiger partial charge in [0.15, 0.2) is 12.2 Å². The van der Waals surface area contributed by atoms with Gasteiger partial charge in [-0.15, -0.1) is 0 Å². The third-order valence-electron chi connectivity index (χ3n) is 13.5. The molecule has 4 unspecified atom stereocenters. The fourth-order valence-electron chi connectivity index (χ4n) is 9.71. The highest BCUT2D eigenvalue weighted by Gasteiger charge is 2.31. The zero-order valence-electron chi connectivity index (χ0n) is 45.9. The number of benzene rings is 4. The van der Waals surface area contributed by atoms with Crippen LogP contribution in [-0.4, -0.2) is 194 Å². The molecule has 0 spiro atoms. The number of nitrogens with zero attached hydrogens (tertiary/aromatic N) is 2. The van der Waals surface area contributed by atoms with Gasteiger partial charge in [-0.25, -0.2) is 26.3 Å². The number of carbonyl (C=O) groups excluding carboxylic acids is 2. The second-order valence-electron chi connectivity index (χ2n) is 19.9. The number of amides is 2. The number of aliphatic hydroxyl groups is 2. The van der Waals surface area contributed by atoms with Crippen LogP contribution in [0.15, 0.2) is 82.6 Å². The molecule has 6 N–H and O–H groups in total. The van der Waals surface area contributed by atoms with E-state index < -0.39 is 44.1 Å². The number of rotatable bonds is 33. The fraction of sp³-hybridized carbons (Fsp3) is 0.536. The van der Waals surface area contributed by atoms with Crippen LogP contribution in [0.5, 0.6) is 0 Å². The first-order valence-electron chi connectivity index (χ1n) is 26.5. The third kappa shape index (κ3) is 18.7. The number of likely N-dealkylation sites (N-methyl/N-ethyl adjacent to an activating group) is 2. The van der Waals surface area contributed by atoms with E-state index in [1.54, 1.807) is 36.4 Å². The molecule has 2 heterocycles. The van der Waals surface area contributed by atoms with Crippen LogP contribution in [0.1, 0.15) is 67.5 Å². The molecule has 0 saturated carbocycles. The van der Waals surface area contributed by atoms with Gasteiger partial charge in [0.25, 0.3) is 11.8 Å². The maximum Gasteiger partial charge on any atom is 0.252 e. The SMILES string of the molecule is Cc1cc(C)c2c(c1)C(c1cccc(S(=O)(=O)NCCOCCOCCOCCNC(=O)C(O)C(O)C(=O)NCCOCCOCCOCCNS(=O)(=O)c3cccc(C4CN(C)Cc5c(C)cc(C)cc54)c3)c1)CN(C)C2. The lowest BCUT2D eigenvalue weighted by Crippen LogP contribution is -2.50. The van der Waals surface area contributed by atoms with Gasteiger partial charge >= 0.3 is 0 Å². The molecule has 0 aliphatic carbocycles. The highest BCUT2D eigenvalue weighted by atomic mass is 32.2. The van der Waals surface area contributed by atoms with Gasteiger partial charge in [-0.2, -0.15) is 0 Å². The Bertz CT molecular complexity index is 2630. The molecular formula is C56H80N6O14S2. The molecule has 430 valence electrons. The molecule has 0 aromatic heterocycles. The summed E-state index contributed by atoms with van der Waals surface area (Å²) in [5, 5.41) is 25.2. The largest absolute Gasteiger partial charge is 0.380 e. The van der Waals surface area contributed by atoms with E-state index in [2.05, 4.69) is 95.9 Å². The van der Waals surface area contributed by atoms with Gasteiger partial charge in [0.1, 0.15) is 0 Å². The molecule has 0 radical (unpaired) electrons. The number of carbonyl (C=O) groups is 2. The lowest BCUT2D eigenvalue weighted by Gasteiger charge is -2.34. The second kappa shape index (κ2) is 30.7. The van der Waals surface area contributed by atoms with Crippen LogP contribution in [0.4, 0.5) is 0 Å². The molecule has 4 atom stereocenters. The summed E-state index contributed by atoms with van der Waals surface area (Å²) in [4.78, 5) is 29.5. The molecule has 2 aliphatic heterocycles. The molecule has 22 heteroatoms. The highest BCUT2D eigenvalue weighted by molar-refractivity contribution is 7.89. The van der Waals surface area contributed by atoms with Gasteiger partial charge in [-0.05, 0) is 111 Å². The summed E-state index contributed by atoms with van der Waals surface area (Å²) in [7, 11) is -3.37. The van der Waals surface area contributed by atoms with Gasteiger partial charge in [-0.1, -0.05) is 59.7 Å². The average Bonchev–Trinajstić information content (AvgIpc) is 3.55. The van der Waals surface area contributed by atoms with Crippen molar-refractivity contribution in [2.75, 3.05) is 133 Å². The van der Waals surface area contributed by atoms with Crippen molar-refractivity contribution < 1.29 is 65.1 Å². The highest BCUT2D eigenvalue weighted by Crippen LogP contribution is 2.37. The molecular weight excluding hydrogens is 1040 g/mol. The maximum atomic E-state index is 13.2. The lowest BCUT2D eigenvalue weighted by molar-refractivity contribution is -0.146. The van der Waals surface area contributed by atoms with Crippen LogP contribution in [0.2, 0.25) is 0 Å². The van der Waals surface area contributed by atoms with E-state index in [4.69, 9.17) is 28.4 Å². The first-order valence-corrected chi connectivity index (χ1v) is 29.5. The predicted octanol–water partition coefficient (Wildman–Crippen LogP) is 2.39. The molecule has 0 bridgehead atoms. The van der Waals surface area contributed by atoms with Crippen LogP contribution in [0, 0.1) is 27.7 Å². The van der Waals surface area contributed by atoms with Crippen molar-refractivity contribution in [3.63, 3.8) is 0 Å². The Morgan fingerprint density at radius 2 is 0.846 bits per heavy atom. The molecule has 2 amide bonds. The van der Waals surface area contributed by atoms with Crippen molar-refractivity contribution in [2.45, 2.75) is 74.6 Å². The Kier molecular flexibility index (Phi) is 24.6. The summed E-state index contributed by atoms with van der Waals surface area (Å²) in [6, 6.07) is 23.1. The molecule has 4 aromatic carbocycles. The minimum atomic E-state index is -3.77. The number of hydrogen-bond donors (Lipinski definition) is 6. The number of sulfonamides is 2. The van der Waals surface area contributed by atoms with Crippen molar-refractivity contribution in [3.05, 3.63) is 128 Å². The normalized spacial score (nSPS) is 16.8. The number of nitrogens with one attached hydrogen (secondary N) is 4. The summed E-state index contributed by atoms with van der Waals surface area (Å²) in [6.45, 7) is 14.2. The van der Waals surface area contributed by atoms with Crippen LogP contribution in [0.3, 0.4) is 0 Å². The summed E-state index contributed by atoms with van der Waals surface area (Å²) >= 11 is 0. The van der Waals surface area contributed by atoms with Crippen LogP contribution >= 0.6 is 0 Å². The molecule has 2 aliphatic rings. The van der Waals surface area contributed by atoms with Gasteiger partial charge in [0.05, 0.1) is 89.1 Å². The van der Waals surface area contributed by atoms with Crippen molar-refractivity contribution in [1.82, 2.24) is 29.9 Å². The summed E-state index contributed by atoms with van der Waals surface area (Å²) in [5.41, 5.74) is 11.8. The Labute approximate surface area is 460 Å². The van der Waals surface area contributed by atoms with E-state index in [0.29, 0.717) is 0 Å². The monoisotopic (exact) mass is 1120 g/mol. The summed E-state index contributed by atoms with van der Waals surface area (Å²) in [5.74, 6) is -1.78. The van der Waals surface area contributed by atoms with Crippen molar-refractivity contribution in [1.29, 1.82) is 0 Å². The van der Waals surface area contributed by atoms with Gasteiger partial charge < -0.3 is 59.1 Å². The minimum Gasteiger partial charge on any atom is -0.380 e. The Morgan fingerprint density at radius 3 is 1.21 bits per heavy atom. The zero-order chi connectivity index (χ0) is 56.2. The molecule has 78 heavy (non-hydrogen) atoms. The van der Waals surface area contributed by atoms with Gasteiger partial charge in [0.2, 0.25) is 20.0 Å². The molecule has 0 saturated heterocycles. The molecule has 6 rings (SSSR count). The van der Waals surface area contributed by atoms with E-state index in [1.807, 2.05) is 12.1 Å². The van der Waals surface area contributed by atoms with Gasteiger partial charge in [0, 0.05) is 64.2 Å². The van der Waals surface area contributed by atoms with E-state index in [9.17, 15) is 36.6 Å². The molecule has 0 fully saturated rings. The molecule has 4 aromatic rings. The van der Waals surface area contributed by atoms with Crippen molar-refractivity contribution >= 4 is 31.9 Å². The number of aryl methyl sites for hydroxylation is 4. The average molecular weight is 1130 g/mol. The quantitative estimate of drug-likeness (QED) is 0.0375. The Balaban J connectivity index is 0.717. The van der Waals surface area contributed by atoms with Crippen LogP contribution in [0.25, 0.3) is 0 Å². The number of ether oxygens (including phenoxy) is 6. The topological polar surface area (TPSA) is 253 Å². The Hall–Kier alpha value is -4.76. The van der Waals surface area contributed by atoms with Crippen LogP contribution < -0.4 is 20.1 Å². The summed E-state index contributed by atoms with van der Waals surface area (Å²) < 4.78 is 90.8. The number of hydrogen-bond acceptors (Lipinski definition) is 16. The maximum absolute atomic E-state index is 13.2. The second-order valence-corrected chi connectivity index (χ2v) is 23.4. The third-order valence-corrected chi connectivity index (χ3v) is 16.5. The fourth-order valence-corrected chi connectivity index (χ4v) is 11.8. The van der Waals surface area contributed by atoms with Crippen molar-refractivity contribution in [2.24, 2.45) is 0 Å². The number of aliphatic hydroxyl groups excluding tert-OH is 2. The molecule has 20 nitrogen and oxygen atoms in total. The van der Waals surface area contributed by atoms with E-state index in [1.165, 1.54) is 44.5 Å². The Morgan fingerprint density at radius 1 is 0.513 bits per heavy atom. The first-order chi connectivity index (χ1) is 37.3. The van der Waals surface area contributed by atoms with E-state index in [0.717, 1.165) is 37.3 Å². The number of fused-ring (bicyclic) bond motifs is 2.